The number of aromatic nitrogens is 6. The molecule has 10 nitrogen and oxygen atoms in total. The van der Waals surface area contributed by atoms with E-state index in [1.165, 1.54) is 23.2 Å². The molecule has 3 N–H and O–H groups in total. The molecule has 0 saturated carbocycles. The van der Waals surface area contributed by atoms with E-state index < -0.39 is 17.8 Å². The first kappa shape index (κ1) is 18.2. The van der Waals surface area contributed by atoms with Crippen molar-refractivity contribution in [1.82, 2.24) is 30.1 Å². The number of nitrogens with zero attached hydrogens (tertiary/aromatic N) is 6. The number of amides is 1. The van der Waals surface area contributed by atoms with E-state index in [0.29, 0.717) is 16.7 Å². The summed E-state index contributed by atoms with van der Waals surface area (Å²) < 4.78 is 13.1. The first-order valence-corrected chi connectivity index (χ1v) is 8.55. The lowest BCUT2D eigenvalue weighted by molar-refractivity contribution is 0.1000. The predicted octanol–water partition coefficient (Wildman–Crippen LogP) is 1.87. The van der Waals surface area contributed by atoms with Gasteiger partial charge < -0.3 is 15.9 Å². The monoisotopic (exact) mass is 394 g/mol. The van der Waals surface area contributed by atoms with E-state index in [0.717, 1.165) is 6.20 Å². The summed E-state index contributed by atoms with van der Waals surface area (Å²) in [5, 5.41) is 10.9. The van der Waals surface area contributed by atoms with Gasteiger partial charge in [-0.3, -0.25) is 9.78 Å². The second-order valence-electron chi connectivity index (χ2n) is 6.09. The van der Waals surface area contributed by atoms with Crippen molar-refractivity contribution in [3.05, 3.63) is 65.9 Å². The minimum absolute atomic E-state index is 0.0646. The van der Waals surface area contributed by atoms with Crippen LogP contribution in [0, 0.1) is 5.82 Å². The van der Waals surface area contributed by atoms with Crippen molar-refractivity contribution in [1.29, 1.82) is 0 Å². The van der Waals surface area contributed by atoms with Crippen molar-refractivity contribution < 1.29 is 14.0 Å². The fraction of sp³-hybridized carbons (Fsp3) is 0.111. The zero-order valence-electron chi connectivity index (χ0n) is 15.2. The van der Waals surface area contributed by atoms with Crippen LogP contribution in [-0.2, 0) is 0 Å². The van der Waals surface area contributed by atoms with Crippen LogP contribution >= 0.6 is 0 Å². The van der Waals surface area contributed by atoms with Crippen molar-refractivity contribution in [2.75, 3.05) is 5.32 Å². The number of carbonyl (C=O) groups excluding carboxylic acids is 1. The van der Waals surface area contributed by atoms with Crippen LogP contribution in [0.15, 0.2) is 48.8 Å². The molecule has 0 aliphatic rings. The number of primary amides is 1. The summed E-state index contributed by atoms with van der Waals surface area (Å²) >= 11 is 0. The molecule has 29 heavy (non-hydrogen) atoms. The number of benzene rings is 1. The van der Waals surface area contributed by atoms with Crippen LogP contribution in [-0.4, -0.2) is 36.0 Å². The van der Waals surface area contributed by atoms with Crippen molar-refractivity contribution in [2.45, 2.75) is 13.0 Å². The Labute approximate surface area is 163 Å². The third-order valence-corrected chi connectivity index (χ3v) is 4.07. The number of anilines is 1. The number of fused-ring (bicyclic) bond motifs is 1. The average molecular weight is 394 g/mol. The van der Waals surface area contributed by atoms with Crippen molar-refractivity contribution in [3.8, 4) is 6.01 Å². The lowest BCUT2D eigenvalue weighted by atomic mass is 10.2. The largest absolute Gasteiger partial charge is 0.365 e. The molecule has 1 amide bonds. The first-order chi connectivity index (χ1) is 14.0. The molecule has 0 radical (unpaired) electrons. The van der Waals surface area contributed by atoms with Gasteiger partial charge in [-0.2, -0.15) is 4.98 Å². The molecule has 0 saturated heterocycles. The van der Waals surface area contributed by atoms with Gasteiger partial charge in [0, 0.05) is 6.20 Å². The standard InChI is InChI=1S/C18H15FN8O2/c1-10(13-7-6-11(19)8-21-13)23-17-12(16(20)28)9-22-18(24-17)29-27-15-5-3-2-4-14(15)25-26-27/h2-10H,1H3,(H2,20,28)(H,22,23,24). The first-order valence-electron chi connectivity index (χ1n) is 8.55. The predicted molar refractivity (Wildman–Crippen MR) is 100 cm³/mol. The van der Waals surface area contributed by atoms with E-state index in [1.807, 2.05) is 12.1 Å². The van der Waals surface area contributed by atoms with Crippen LogP contribution in [0.25, 0.3) is 11.0 Å². The van der Waals surface area contributed by atoms with Crippen LogP contribution in [0.5, 0.6) is 6.01 Å². The maximum Gasteiger partial charge on any atom is 0.347 e. The van der Waals surface area contributed by atoms with Gasteiger partial charge in [-0.25, -0.2) is 9.37 Å². The minimum Gasteiger partial charge on any atom is -0.365 e. The molecule has 1 aromatic carbocycles. The van der Waals surface area contributed by atoms with E-state index in [-0.39, 0.29) is 17.4 Å². The van der Waals surface area contributed by atoms with Crippen LogP contribution < -0.4 is 15.9 Å². The highest BCUT2D eigenvalue weighted by molar-refractivity contribution is 5.97. The molecule has 11 heteroatoms. The number of rotatable bonds is 6. The highest BCUT2D eigenvalue weighted by Gasteiger charge is 2.17. The summed E-state index contributed by atoms with van der Waals surface area (Å²) in [6.45, 7) is 1.78. The SMILES string of the molecule is CC(Nc1nc(On2nnc3ccccc32)ncc1C(N)=O)c1ccc(F)cn1. The summed E-state index contributed by atoms with van der Waals surface area (Å²) in [5.41, 5.74) is 7.28. The summed E-state index contributed by atoms with van der Waals surface area (Å²) in [6, 6.07) is 9.53. The van der Waals surface area contributed by atoms with Gasteiger partial charge in [-0.15, -0.1) is 5.10 Å². The molecule has 146 valence electrons. The maximum atomic E-state index is 13.1. The molecule has 3 aromatic heterocycles. The molecule has 1 unspecified atom stereocenters. The Kier molecular flexibility index (Phi) is 4.69. The van der Waals surface area contributed by atoms with Crippen molar-refractivity contribution in [2.24, 2.45) is 5.73 Å². The van der Waals surface area contributed by atoms with E-state index >= 15 is 0 Å². The fourth-order valence-corrected chi connectivity index (χ4v) is 2.61. The molecule has 0 bridgehead atoms. The number of carbonyl (C=O) groups is 1. The third kappa shape index (κ3) is 3.78. The number of halogens is 1. The number of pyridine rings is 1. The normalized spacial score (nSPS) is 11.9. The Morgan fingerprint density at radius 3 is 2.79 bits per heavy atom. The Hall–Kier alpha value is -4.15. The van der Waals surface area contributed by atoms with Gasteiger partial charge in [-0.1, -0.05) is 17.0 Å². The van der Waals surface area contributed by atoms with Gasteiger partial charge in [0.25, 0.3) is 5.91 Å². The number of para-hydroxylation sites is 1. The number of hydrogen-bond donors (Lipinski definition) is 2. The van der Waals surface area contributed by atoms with E-state index in [2.05, 4.69) is 30.6 Å². The summed E-state index contributed by atoms with van der Waals surface area (Å²) in [7, 11) is 0. The summed E-state index contributed by atoms with van der Waals surface area (Å²) in [4.78, 5) is 30.7. The number of hydrogen-bond acceptors (Lipinski definition) is 8. The van der Waals surface area contributed by atoms with Gasteiger partial charge in [0.05, 0.1) is 17.9 Å². The van der Waals surface area contributed by atoms with Gasteiger partial charge in [0.1, 0.15) is 28.2 Å². The fourth-order valence-electron chi connectivity index (χ4n) is 2.61. The molecule has 0 aliphatic heterocycles. The van der Waals surface area contributed by atoms with Crippen LogP contribution in [0.4, 0.5) is 10.2 Å². The average Bonchev–Trinajstić information content (AvgIpc) is 3.11. The smallest absolute Gasteiger partial charge is 0.347 e. The van der Waals surface area contributed by atoms with Gasteiger partial charge >= 0.3 is 6.01 Å². The topological polar surface area (TPSA) is 134 Å². The molecule has 4 rings (SSSR count). The van der Waals surface area contributed by atoms with Crippen LogP contribution in [0.1, 0.15) is 29.0 Å². The molecule has 4 aromatic rings. The van der Waals surface area contributed by atoms with Gasteiger partial charge in [0.15, 0.2) is 0 Å². The minimum atomic E-state index is -0.718. The molecular weight excluding hydrogens is 379 g/mol. The molecule has 0 spiro atoms. The van der Waals surface area contributed by atoms with E-state index in [9.17, 15) is 9.18 Å². The molecule has 3 heterocycles. The van der Waals surface area contributed by atoms with E-state index in [1.54, 1.807) is 19.1 Å². The molecule has 0 aliphatic carbocycles. The Balaban J connectivity index is 1.63. The Morgan fingerprint density at radius 1 is 1.21 bits per heavy atom. The molecule has 0 fully saturated rings. The highest BCUT2D eigenvalue weighted by atomic mass is 19.1. The molecular formula is C18H15FN8O2. The third-order valence-electron chi connectivity index (χ3n) is 4.07. The zero-order valence-corrected chi connectivity index (χ0v) is 15.2. The Morgan fingerprint density at radius 2 is 2.03 bits per heavy atom. The molecule has 1 atom stereocenters. The highest BCUT2D eigenvalue weighted by Crippen LogP contribution is 2.21. The Bertz CT molecular complexity index is 1180. The van der Waals surface area contributed by atoms with Crippen molar-refractivity contribution >= 4 is 22.8 Å². The zero-order chi connectivity index (χ0) is 20.4. The quantitative estimate of drug-likeness (QED) is 0.506. The van der Waals surface area contributed by atoms with Crippen LogP contribution in [0.3, 0.4) is 0 Å². The van der Waals surface area contributed by atoms with Gasteiger partial charge in [0.2, 0.25) is 0 Å². The maximum absolute atomic E-state index is 13.1. The van der Waals surface area contributed by atoms with Crippen molar-refractivity contribution in [3.63, 3.8) is 0 Å². The van der Waals surface area contributed by atoms with E-state index in [4.69, 9.17) is 10.6 Å². The van der Waals surface area contributed by atoms with Gasteiger partial charge in [-0.05, 0) is 36.4 Å². The number of nitrogens with one attached hydrogen (secondary N) is 1. The second kappa shape index (κ2) is 7.46. The second-order valence-corrected chi connectivity index (χ2v) is 6.09. The summed E-state index contributed by atoms with van der Waals surface area (Å²) in [6.07, 6.45) is 2.35. The van der Waals surface area contributed by atoms with Crippen LogP contribution in [0.2, 0.25) is 0 Å². The lowest BCUT2D eigenvalue weighted by Gasteiger charge is -2.16. The summed E-state index contributed by atoms with van der Waals surface area (Å²) in [5.74, 6) is -1.02. The number of nitrogens with two attached hydrogens (primary N) is 1. The lowest BCUT2D eigenvalue weighted by Crippen LogP contribution is -2.19.